The van der Waals surface area contributed by atoms with Crippen molar-refractivity contribution in [3.8, 4) is 0 Å². The van der Waals surface area contributed by atoms with Crippen LogP contribution in [-0.2, 0) is 14.3 Å². The van der Waals surface area contributed by atoms with Crippen molar-refractivity contribution in [2.75, 3.05) is 19.7 Å². The van der Waals surface area contributed by atoms with Crippen LogP contribution in [0.1, 0.15) is 13.3 Å². The molecule has 1 unspecified atom stereocenters. The molecule has 1 aliphatic heterocycles. The molecule has 1 fully saturated rings. The van der Waals surface area contributed by atoms with Crippen LogP contribution in [-0.4, -0.2) is 31.4 Å². The monoisotopic (exact) mass is 171 g/mol. The second-order valence-electron chi connectivity index (χ2n) is 3.00. The molecule has 0 aliphatic carbocycles. The Morgan fingerprint density at radius 3 is 2.83 bits per heavy atom. The third kappa shape index (κ3) is 2.62. The summed E-state index contributed by atoms with van der Waals surface area (Å²) in [4.78, 5) is 21.6. The van der Waals surface area contributed by atoms with E-state index in [2.05, 4.69) is 5.32 Å². The third-order valence-electron chi connectivity index (χ3n) is 1.81. The Labute approximate surface area is 71.3 Å². The van der Waals surface area contributed by atoms with Crippen molar-refractivity contribution < 1.29 is 14.3 Å². The highest BCUT2D eigenvalue weighted by Gasteiger charge is 2.23. The normalized spacial score (nSPS) is 22.2. The minimum atomic E-state index is -0.254. The zero-order valence-corrected chi connectivity index (χ0v) is 7.13. The summed E-state index contributed by atoms with van der Waals surface area (Å²) >= 11 is 0. The Bertz CT molecular complexity index is 185. The van der Waals surface area contributed by atoms with Crippen LogP contribution < -0.4 is 5.32 Å². The van der Waals surface area contributed by atoms with Crippen LogP contribution in [0.2, 0.25) is 0 Å². The van der Waals surface area contributed by atoms with Crippen LogP contribution in [0.25, 0.3) is 0 Å². The van der Waals surface area contributed by atoms with E-state index < -0.39 is 0 Å². The number of carbonyl (C=O) groups is 2. The number of ketones is 1. The van der Waals surface area contributed by atoms with E-state index in [1.165, 1.54) is 6.92 Å². The molecule has 68 valence electrons. The van der Waals surface area contributed by atoms with Gasteiger partial charge in [0.1, 0.15) is 6.61 Å². The molecule has 0 saturated carbocycles. The van der Waals surface area contributed by atoms with Gasteiger partial charge < -0.3 is 10.1 Å². The average molecular weight is 171 g/mol. The van der Waals surface area contributed by atoms with Gasteiger partial charge in [0.25, 0.3) is 0 Å². The van der Waals surface area contributed by atoms with E-state index in [0.717, 1.165) is 13.0 Å². The van der Waals surface area contributed by atoms with Gasteiger partial charge in [0.05, 0.1) is 5.92 Å². The summed E-state index contributed by atoms with van der Waals surface area (Å²) in [5, 5.41) is 3.06. The molecule has 1 saturated heterocycles. The first-order chi connectivity index (χ1) is 5.70. The van der Waals surface area contributed by atoms with Gasteiger partial charge in [-0.2, -0.15) is 0 Å². The van der Waals surface area contributed by atoms with Crippen molar-refractivity contribution >= 4 is 11.8 Å². The van der Waals surface area contributed by atoms with Gasteiger partial charge in [-0.15, -0.1) is 0 Å². The van der Waals surface area contributed by atoms with Gasteiger partial charge in [0.15, 0.2) is 5.78 Å². The Hall–Kier alpha value is -0.900. The maximum absolute atomic E-state index is 11.1. The summed E-state index contributed by atoms with van der Waals surface area (Å²) < 4.78 is 4.76. The Morgan fingerprint density at radius 1 is 1.58 bits per heavy atom. The van der Waals surface area contributed by atoms with Crippen molar-refractivity contribution in [1.82, 2.24) is 5.32 Å². The third-order valence-corrected chi connectivity index (χ3v) is 1.81. The summed E-state index contributed by atoms with van der Waals surface area (Å²) in [5.41, 5.74) is 0. The van der Waals surface area contributed by atoms with Crippen LogP contribution in [0.5, 0.6) is 0 Å². The molecule has 1 atom stereocenters. The highest BCUT2D eigenvalue weighted by atomic mass is 16.5. The van der Waals surface area contributed by atoms with E-state index in [4.69, 9.17) is 4.74 Å². The predicted octanol–water partition coefficient (Wildman–Crippen LogP) is -0.272. The van der Waals surface area contributed by atoms with E-state index in [-0.39, 0.29) is 24.3 Å². The van der Waals surface area contributed by atoms with Gasteiger partial charge in [0, 0.05) is 6.54 Å². The number of ether oxygens (including phenoxy) is 1. The highest BCUT2D eigenvalue weighted by molar-refractivity contribution is 5.81. The number of hydrogen-bond acceptors (Lipinski definition) is 4. The molecule has 1 N–H and O–H groups in total. The number of esters is 1. The molecule has 0 aromatic carbocycles. The molecule has 0 amide bonds. The molecule has 12 heavy (non-hydrogen) atoms. The van der Waals surface area contributed by atoms with Gasteiger partial charge in [-0.25, -0.2) is 0 Å². The maximum atomic E-state index is 11.1. The molecular formula is C8H13NO3. The predicted molar refractivity (Wildman–Crippen MR) is 42.6 cm³/mol. The van der Waals surface area contributed by atoms with Crippen molar-refractivity contribution in [2.24, 2.45) is 5.92 Å². The molecule has 0 radical (unpaired) electrons. The molecule has 0 aromatic rings. The molecule has 0 spiro atoms. The largest absolute Gasteiger partial charge is 0.457 e. The number of nitrogens with one attached hydrogen (secondary N) is 1. The fraction of sp³-hybridized carbons (Fsp3) is 0.750. The number of Topliss-reactive ketones (excluding diaryl/α,β-unsaturated/α-hetero) is 1. The Morgan fingerprint density at radius 2 is 2.33 bits per heavy atom. The average Bonchev–Trinajstić information content (AvgIpc) is 2.51. The van der Waals surface area contributed by atoms with E-state index in [1.54, 1.807) is 0 Å². The smallest absolute Gasteiger partial charge is 0.310 e. The number of hydrogen-bond donors (Lipinski definition) is 1. The Balaban J connectivity index is 2.23. The lowest BCUT2D eigenvalue weighted by Gasteiger charge is -2.06. The molecule has 1 heterocycles. The van der Waals surface area contributed by atoms with E-state index in [0.29, 0.717) is 6.54 Å². The maximum Gasteiger partial charge on any atom is 0.310 e. The van der Waals surface area contributed by atoms with E-state index >= 15 is 0 Å². The molecule has 4 nitrogen and oxygen atoms in total. The van der Waals surface area contributed by atoms with E-state index in [1.807, 2.05) is 0 Å². The summed E-state index contributed by atoms with van der Waals surface area (Å²) in [6, 6.07) is 0. The van der Waals surface area contributed by atoms with Gasteiger partial charge in [-0.3, -0.25) is 9.59 Å². The van der Waals surface area contributed by atoms with Gasteiger partial charge >= 0.3 is 5.97 Å². The molecule has 1 aliphatic rings. The molecule has 1 rings (SSSR count). The minimum absolute atomic E-state index is 0.0515. The summed E-state index contributed by atoms with van der Waals surface area (Å²) in [7, 11) is 0. The van der Waals surface area contributed by atoms with Crippen LogP contribution in [0.15, 0.2) is 0 Å². The van der Waals surface area contributed by atoms with Gasteiger partial charge in [0.2, 0.25) is 0 Å². The first kappa shape index (κ1) is 9.19. The fourth-order valence-electron chi connectivity index (χ4n) is 1.15. The summed E-state index contributed by atoms with van der Waals surface area (Å²) in [6.45, 7) is 2.85. The summed E-state index contributed by atoms with van der Waals surface area (Å²) in [5.74, 6) is -0.422. The second-order valence-corrected chi connectivity index (χ2v) is 3.00. The zero-order chi connectivity index (χ0) is 8.97. The standard InChI is InChI=1S/C8H13NO3/c1-6(10)5-12-8(11)7-2-3-9-4-7/h7,9H,2-5H2,1H3. The van der Waals surface area contributed by atoms with Crippen molar-refractivity contribution in [2.45, 2.75) is 13.3 Å². The Kier molecular flexibility index (Phi) is 3.22. The van der Waals surface area contributed by atoms with Gasteiger partial charge in [-0.1, -0.05) is 0 Å². The number of rotatable bonds is 3. The molecular weight excluding hydrogens is 158 g/mol. The quantitative estimate of drug-likeness (QED) is 0.594. The van der Waals surface area contributed by atoms with Gasteiger partial charge in [-0.05, 0) is 19.9 Å². The lowest BCUT2D eigenvalue weighted by Crippen LogP contribution is -2.22. The minimum Gasteiger partial charge on any atom is -0.457 e. The van der Waals surface area contributed by atoms with E-state index in [9.17, 15) is 9.59 Å². The van der Waals surface area contributed by atoms with Crippen LogP contribution in [0.4, 0.5) is 0 Å². The summed E-state index contributed by atoms with van der Waals surface area (Å²) in [6.07, 6.45) is 0.816. The lowest BCUT2D eigenvalue weighted by molar-refractivity contribution is -0.151. The lowest BCUT2D eigenvalue weighted by atomic mass is 10.1. The van der Waals surface area contributed by atoms with Crippen LogP contribution >= 0.6 is 0 Å². The van der Waals surface area contributed by atoms with Crippen molar-refractivity contribution in [1.29, 1.82) is 0 Å². The second kappa shape index (κ2) is 4.21. The number of carbonyl (C=O) groups excluding carboxylic acids is 2. The highest BCUT2D eigenvalue weighted by Crippen LogP contribution is 2.08. The zero-order valence-electron chi connectivity index (χ0n) is 7.13. The molecule has 0 aromatic heterocycles. The topological polar surface area (TPSA) is 55.4 Å². The van der Waals surface area contributed by atoms with Crippen molar-refractivity contribution in [3.63, 3.8) is 0 Å². The molecule has 4 heteroatoms. The first-order valence-electron chi connectivity index (χ1n) is 4.07. The van der Waals surface area contributed by atoms with Crippen molar-refractivity contribution in [3.05, 3.63) is 0 Å². The molecule has 0 bridgehead atoms. The fourth-order valence-corrected chi connectivity index (χ4v) is 1.15. The van der Waals surface area contributed by atoms with Crippen LogP contribution in [0, 0.1) is 5.92 Å². The SMILES string of the molecule is CC(=O)COC(=O)C1CCNC1. The van der Waals surface area contributed by atoms with Crippen LogP contribution in [0.3, 0.4) is 0 Å². The first-order valence-corrected chi connectivity index (χ1v) is 4.07.